The minimum absolute atomic E-state index is 0.127. The molecule has 0 unspecified atom stereocenters. The second kappa shape index (κ2) is 8.55. The third-order valence-corrected chi connectivity index (χ3v) is 5.54. The zero-order valence-electron chi connectivity index (χ0n) is 17.3. The summed E-state index contributed by atoms with van der Waals surface area (Å²) in [6.45, 7) is 6.05. The van der Waals surface area contributed by atoms with Crippen LogP contribution in [0.2, 0.25) is 0 Å². The Hall–Kier alpha value is -3.38. The molecule has 2 N–H and O–H groups in total. The van der Waals surface area contributed by atoms with Crippen LogP contribution in [0.15, 0.2) is 66.9 Å². The number of nitrogens with one attached hydrogen (secondary N) is 2. The normalized spacial score (nSPS) is 16.0. The highest BCUT2D eigenvalue weighted by molar-refractivity contribution is 6.10. The summed E-state index contributed by atoms with van der Waals surface area (Å²) in [7, 11) is 0. The van der Waals surface area contributed by atoms with Gasteiger partial charge in [-0.05, 0) is 55.8 Å². The number of hydrogen-bond donors (Lipinski definition) is 2. The van der Waals surface area contributed by atoms with Crippen LogP contribution in [0.4, 0.5) is 11.4 Å². The van der Waals surface area contributed by atoms with Crippen molar-refractivity contribution in [3.63, 3.8) is 0 Å². The SMILES string of the molecule is Cc1cccc(NC(=O)c2ccccc2NC(=O)CN2CCn3cccc3[C@@H]2C)c1. The summed E-state index contributed by atoms with van der Waals surface area (Å²) in [5.74, 6) is -0.377. The molecule has 0 aliphatic carbocycles. The number of aryl methyl sites for hydroxylation is 1. The first-order valence-corrected chi connectivity index (χ1v) is 10.2. The van der Waals surface area contributed by atoms with Crippen molar-refractivity contribution in [1.82, 2.24) is 9.47 Å². The molecule has 0 saturated heterocycles. The predicted molar refractivity (Wildman–Crippen MR) is 119 cm³/mol. The van der Waals surface area contributed by atoms with E-state index in [1.54, 1.807) is 18.2 Å². The third-order valence-electron chi connectivity index (χ3n) is 5.54. The maximum atomic E-state index is 12.8. The Balaban J connectivity index is 1.44. The van der Waals surface area contributed by atoms with Gasteiger partial charge in [0.2, 0.25) is 5.91 Å². The number of anilines is 2. The average Bonchev–Trinajstić information content (AvgIpc) is 3.20. The van der Waals surface area contributed by atoms with Crippen LogP contribution in [0.1, 0.15) is 34.6 Å². The summed E-state index contributed by atoms with van der Waals surface area (Å²) >= 11 is 0. The van der Waals surface area contributed by atoms with Crippen LogP contribution in [-0.2, 0) is 11.3 Å². The summed E-state index contributed by atoms with van der Waals surface area (Å²) in [4.78, 5) is 27.7. The van der Waals surface area contributed by atoms with E-state index < -0.39 is 0 Å². The first-order valence-electron chi connectivity index (χ1n) is 10.2. The van der Waals surface area contributed by atoms with Crippen LogP contribution < -0.4 is 10.6 Å². The largest absolute Gasteiger partial charge is 0.349 e. The molecule has 1 aliphatic rings. The minimum Gasteiger partial charge on any atom is -0.349 e. The fourth-order valence-electron chi connectivity index (χ4n) is 3.93. The molecule has 0 bridgehead atoms. The standard InChI is InChI=1S/C24H26N4O2/c1-17-7-5-8-19(15-17)25-24(30)20-9-3-4-10-21(20)26-23(29)16-28-14-13-27-12-6-11-22(27)18(28)2/h3-12,15,18H,13-14,16H2,1-2H3,(H,25,30)(H,26,29)/t18-/m0/s1. The molecule has 2 amide bonds. The fourth-order valence-corrected chi connectivity index (χ4v) is 3.93. The smallest absolute Gasteiger partial charge is 0.257 e. The third kappa shape index (κ3) is 4.28. The van der Waals surface area contributed by atoms with Gasteiger partial charge in [0, 0.05) is 36.7 Å². The van der Waals surface area contributed by atoms with Crippen LogP contribution in [0, 0.1) is 6.92 Å². The number of fused-ring (bicyclic) bond motifs is 1. The van der Waals surface area contributed by atoms with Gasteiger partial charge >= 0.3 is 0 Å². The van der Waals surface area contributed by atoms with Gasteiger partial charge in [-0.25, -0.2) is 0 Å². The minimum atomic E-state index is -0.249. The lowest BCUT2D eigenvalue weighted by atomic mass is 10.1. The van der Waals surface area contributed by atoms with E-state index in [1.165, 1.54) is 5.69 Å². The Labute approximate surface area is 176 Å². The van der Waals surface area contributed by atoms with Gasteiger partial charge in [0.15, 0.2) is 0 Å². The van der Waals surface area contributed by atoms with E-state index in [2.05, 4.69) is 39.3 Å². The maximum absolute atomic E-state index is 12.8. The Bertz CT molecular complexity index is 1070. The molecule has 6 nitrogen and oxygen atoms in total. The molecular weight excluding hydrogens is 376 g/mol. The average molecular weight is 402 g/mol. The van der Waals surface area contributed by atoms with E-state index in [4.69, 9.17) is 0 Å². The highest BCUT2D eigenvalue weighted by Gasteiger charge is 2.25. The Morgan fingerprint density at radius 3 is 2.67 bits per heavy atom. The topological polar surface area (TPSA) is 66.4 Å². The van der Waals surface area contributed by atoms with E-state index in [0.717, 1.165) is 24.3 Å². The van der Waals surface area contributed by atoms with Gasteiger partial charge in [0.25, 0.3) is 5.91 Å². The molecule has 1 aliphatic heterocycles. The van der Waals surface area contributed by atoms with Crippen molar-refractivity contribution in [2.24, 2.45) is 0 Å². The highest BCUT2D eigenvalue weighted by Crippen LogP contribution is 2.25. The first kappa shape index (κ1) is 19.9. The lowest BCUT2D eigenvalue weighted by Gasteiger charge is -2.34. The van der Waals surface area contributed by atoms with E-state index in [-0.39, 0.29) is 24.4 Å². The summed E-state index contributed by atoms with van der Waals surface area (Å²) in [6, 6.07) is 19.0. The molecule has 1 atom stereocenters. The molecule has 0 radical (unpaired) electrons. The fraction of sp³-hybridized carbons (Fsp3) is 0.250. The molecule has 0 fully saturated rings. The summed E-state index contributed by atoms with van der Waals surface area (Å²) in [6.07, 6.45) is 2.08. The monoisotopic (exact) mass is 402 g/mol. The molecule has 30 heavy (non-hydrogen) atoms. The predicted octanol–water partition coefficient (Wildman–Crippen LogP) is 4.06. The summed E-state index contributed by atoms with van der Waals surface area (Å²) in [5, 5.41) is 5.83. The van der Waals surface area contributed by atoms with E-state index >= 15 is 0 Å². The Morgan fingerprint density at radius 2 is 1.83 bits per heavy atom. The van der Waals surface area contributed by atoms with Gasteiger partial charge in [0.05, 0.1) is 17.8 Å². The van der Waals surface area contributed by atoms with Crippen molar-refractivity contribution >= 4 is 23.2 Å². The molecule has 3 aromatic rings. The molecule has 2 heterocycles. The molecule has 0 saturated carbocycles. The summed E-state index contributed by atoms with van der Waals surface area (Å²) < 4.78 is 2.23. The molecule has 0 spiro atoms. The van der Waals surface area contributed by atoms with Gasteiger partial charge in [0.1, 0.15) is 0 Å². The quantitative estimate of drug-likeness (QED) is 0.676. The number of rotatable bonds is 5. The molecule has 6 heteroatoms. The molecule has 4 rings (SSSR count). The van der Waals surface area contributed by atoms with Crippen molar-refractivity contribution in [3.05, 3.63) is 83.7 Å². The van der Waals surface area contributed by atoms with Crippen molar-refractivity contribution < 1.29 is 9.59 Å². The van der Waals surface area contributed by atoms with Crippen molar-refractivity contribution in [2.45, 2.75) is 26.4 Å². The van der Waals surface area contributed by atoms with E-state index in [9.17, 15) is 9.59 Å². The molecule has 2 aromatic carbocycles. The lowest BCUT2D eigenvalue weighted by molar-refractivity contribution is -0.118. The van der Waals surface area contributed by atoms with Crippen molar-refractivity contribution in [3.8, 4) is 0 Å². The number of hydrogen-bond acceptors (Lipinski definition) is 3. The first-order chi connectivity index (χ1) is 14.5. The lowest BCUT2D eigenvalue weighted by Crippen LogP contribution is -2.41. The number of amides is 2. The van der Waals surface area contributed by atoms with Gasteiger partial charge in [-0.15, -0.1) is 0 Å². The van der Waals surface area contributed by atoms with Gasteiger partial charge in [-0.1, -0.05) is 24.3 Å². The zero-order valence-corrected chi connectivity index (χ0v) is 17.3. The van der Waals surface area contributed by atoms with Crippen LogP contribution in [0.5, 0.6) is 0 Å². The van der Waals surface area contributed by atoms with Crippen LogP contribution in [0.3, 0.4) is 0 Å². The second-order valence-corrected chi connectivity index (χ2v) is 7.69. The number of aromatic nitrogens is 1. The Morgan fingerprint density at radius 1 is 1.00 bits per heavy atom. The Kier molecular flexibility index (Phi) is 5.68. The van der Waals surface area contributed by atoms with E-state index in [0.29, 0.717) is 11.3 Å². The van der Waals surface area contributed by atoms with Gasteiger partial charge in [-0.2, -0.15) is 0 Å². The number of carbonyl (C=O) groups excluding carboxylic acids is 2. The number of nitrogens with zero attached hydrogens (tertiary/aromatic N) is 2. The highest BCUT2D eigenvalue weighted by atomic mass is 16.2. The zero-order chi connectivity index (χ0) is 21.1. The molecule has 154 valence electrons. The summed E-state index contributed by atoms with van der Waals surface area (Å²) in [5.41, 5.74) is 3.96. The van der Waals surface area contributed by atoms with Gasteiger partial charge < -0.3 is 15.2 Å². The maximum Gasteiger partial charge on any atom is 0.257 e. The van der Waals surface area contributed by atoms with E-state index in [1.807, 2.05) is 43.3 Å². The molecule has 1 aromatic heterocycles. The number of para-hydroxylation sites is 1. The number of carbonyl (C=O) groups is 2. The van der Waals surface area contributed by atoms with Gasteiger partial charge in [-0.3, -0.25) is 14.5 Å². The van der Waals surface area contributed by atoms with Crippen molar-refractivity contribution in [1.29, 1.82) is 0 Å². The second-order valence-electron chi connectivity index (χ2n) is 7.69. The van der Waals surface area contributed by atoms with Crippen LogP contribution in [-0.4, -0.2) is 34.4 Å². The van der Waals surface area contributed by atoms with Crippen molar-refractivity contribution in [2.75, 3.05) is 23.7 Å². The molecular formula is C24H26N4O2. The number of benzene rings is 2. The van der Waals surface area contributed by atoms with Crippen LogP contribution in [0.25, 0.3) is 0 Å². The van der Waals surface area contributed by atoms with Crippen LogP contribution >= 0.6 is 0 Å².